The van der Waals surface area contributed by atoms with E-state index in [1.54, 1.807) is 13.2 Å². The molecule has 3 N–H and O–H groups in total. The molecule has 0 aliphatic heterocycles. The van der Waals surface area contributed by atoms with Gasteiger partial charge in [-0.25, -0.2) is 4.98 Å². The quantitative estimate of drug-likeness (QED) is 0.721. The Bertz CT molecular complexity index is 390. The Morgan fingerprint density at radius 2 is 2.12 bits per heavy atom. The van der Waals surface area contributed by atoms with Crippen molar-refractivity contribution in [3.63, 3.8) is 0 Å². The van der Waals surface area contributed by atoms with Gasteiger partial charge in [0.2, 0.25) is 5.91 Å². The zero-order valence-corrected chi connectivity index (χ0v) is 10.8. The predicted octanol–water partition coefficient (Wildman–Crippen LogP) is 1.31. The maximum atomic E-state index is 11.6. The third-order valence-electron chi connectivity index (χ3n) is 2.59. The number of carbonyl (C=O) groups excluding carboxylic acids is 1. The SMILES string of the molecule is CNC(=O)C(C)(C)CNc1ccnc(NC)c1. The van der Waals surface area contributed by atoms with Crippen molar-refractivity contribution in [2.75, 3.05) is 31.3 Å². The molecule has 0 bridgehead atoms. The van der Waals surface area contributed by atoms with Gasteiger partial charge >= 0.3 is 0 Å². The van der Waals surface area contributed by atoms with Crippen molar-refractivity contribution >= 4 is 17.4 Å². The minimum absolute atomic E-state index is 0.0212. The lowest BCUT2D eigenvalue weighted by molar-refractivity contribution is -0.128. The molecule has 0 fully saturated rings. The van der Waals surface area contributed by atoms with Gasteiger partial charge in [-0.1, -0.05) is 0 Å². The predicted molar refractivity (Wildman–Crippen MR) is 70.1 cm³/mol. The lowest BCUT2D eigenvalue weighted by Crippen LogP contribution is -2.39. The van der Waals surface area contributed by atoms with E-state index < -0.39 is 5.41 Å². The number of carbonyl (C=O) groups is 1. The van der Waals surface area contributed by atoms with Crippen molar-refractivity contribution in [3.8, 4) is 0 Å². The van der Waals surface area contributed by atoms with Crippen molar-refractivity contribution in [1.29, 1.82) is 0 Å². The Hall–Kier alpha value is -1.78. The fraction of sp³-hybridized carbons (Fsp3) is 0.500. The summed E-state index contributed by atoms with van der Waals surface area (Å²) in [5.74, 6) is 0.820. The van der Waals surface area contributed by atoms with Gasteiger partial charge in [-0.2, -0.15) is 0 Å². The van der Waals surface area contributed by atoms with Crippen molar-refractivity contribution in [2.24, 2.45) is 5.41 Å². The van der Waals surface area contributed by atoms with Gasteiger partial charge in [-0.05, 0) is 19.9 Å². The Morgan fingerprint density at radius 3 is 2.71 bits per heavy atom. The van der Waals surface area contributed by atoms with Crippen LogP contribution in [0.4, 0.5) is 11.5 Å². The van der Waals surface area contributed by atoms with Crippen LogP contribution in [0.3, 0.4) is 0 Å². The van der Waals surface area contributed by atoms with Crippen LogP contribution in [0.25, 0.3) is 0 Å². The normalized spacial score (nSPS) is 10.8. The van der Waals surface area contributed by atoms with Gasteiger partial charge in [0.25, 0.3) is 0 Å². The average molecular weight is 236 g/mol. The number of nitrogens with one attached hydrogen (secondary N) is 3. The molecule has 94 valence electrons. The molecule has 0 saturated heterocycles. The molecule has 0 unspecified atom stereocenters. The number of rotatable bonds is 5. The van der Waals surface area contributed by atoms with E-state index in [0.29, 0.717) is 6.54 Å². The molecule has 1 rings (SSSR count). The number of nitrogens with zero attached hydrogens (tertiary/aromatic N) is 1. The van der Waals surface area contributed by atoms with Crippen LogP contribution in [0, 0.1) is 5.41 Å². The minimum Gasteiger partial charge on any atom is -0.384 e. The summed E-state index contributed by atoms with van der Waals surface area (Å²) in [4.78, 5) is 15.7. The lowest BCUT2D eigenvalue weighted by Gasteiger charge is -2.23. The molecule has 1 aromatic heterocycles. The van der Waals surface area contributed by atoms with E-state index in [1.807, 2.05) is 33.0 Å². The van der Waals surface area contributed by atoms with E-state index in [2.05, 4.69) is 20.9 Å². The first-order valence-corrected chi connectivity index (χ1v) is 5.59. The molecule has 0 aliphatic rings. The van der Waals surface area contributed by atoms with Gasteiger partial charge in [0.15, 0.2) is 0 Å². The minimum atomic E-state index is -0.447. The van der Waals surface area contributed by atoms with Crippen molar-refractivity contribution in [2.45, 2.75) is 13.8 Å². The molecule has 0 spiro atoms. The van der Waals surface area contributed by atoms with E-state index in [0.717, 1.165) is 11.5 Å². The largest absolute Gasteiger partial charge is 0.384 e. The topological polar surface area (TPSA) is 66.0 Å². The van der Waals surface area contributed by atoms with Gasteiger partial charge in [0.1, 0.15) is 5.82 Å². The maximum Gasteiger partial charge on any atom is 0.227 e. The highest BCUT2D eigenvalue weighted by Crippen LogP contribution is 2.18. The molecule has 5 nitrogen and oxygen atoms in total. The lowest BCUT2D eigenvalue weighted by atomic mass is 9.92. The van der Waals surface area contributed by atoms with Gasteiger partial charge in [0.05, 0.1) is 5.41 Å². The Morgan fingerprint density at radius 1 is 1.41 bits per heavy atom. The van der Waals surface area contributed by atoms with Crippen LogP contribution in [0.1, 0.15) is 13.8 Å². The fourth-order valence-corrected chi connectivity index (χ4v) is 1.42. The first-order chi connectivity index (χ1) is 7.99. The van der Waals surface area contributed by atoms with E-state index in [4.69, 9.17) is 0 Å². The Balaban J connectivity index is 2.63. The molecule has 0 atom stereocenters. The molecule has 0 radical (unpaired) electrons. The summed E-state index contributed by atoms with van der Waals surface area (Å²) < 4.78 is 0. The second-order valence-electron chi connectivity index (χ2n) is 4.50. The highest BCUT2D eigenvalue weighted by atomic mass is 16.2. The smallest absolute Gasteiger partial charge is 0.227 e. The second kappa shape index (κ2) is 5.52. The number of aromatic nitrogens is 1. The van der Waals surface area contributed by atoms with E-state index in [1.165, 1.54) is 0 Å². The first-order valence-electron chi connectivity index (χ1n) is 5.59. The molecule has 0 aliphatic carbocycles. The number of pyridine rings is 1. The first kappa shape index (κ1) is 13.3. The molecule has 17 heavy (non-hydrogen) atoms. The fourth-order valence-electron chi connectivity index (χ4n) is 1.42. The average Bonchev–Trinajstić information content (AvgIpc) is 2.35. The summed E-state index contributed by atoms with van der Waals surface area (Å²) in [5.41, 5.74) is 0.499. The highest BCUT2D eigenvalue weighted by Gasteiger charge is 2.26. The molecule has 1 amide bonds. The standard InChI is InChI=1S/C12H20N4O/c1-12(2,11(17)14-4)8-16-9-5-6-15-10(7-9)13-3/h5-7H,8H2,1-4H3,(H,14,17)(H2,13,15,16). The van der Waals surface area contributed by atoms with Gasteiger partial charge in [-0.15, -0.1) is 0 Å². The third kappa shape index (κ3) is 3.62. The molecular formula is C12H20N4O. The molecule has 0 saturated carbocycles. The van der Waals surface area contributed by atoms with Crippen LogP contribution in [0.2, 0.25) is 0 Å². The van der Waals surface area contributed by atoms with E-state index >= 15 is 0 Å². The summed E-state index contributed by atoms with van der Waals surface area (Å²) in [6.45, 7) is 4.37. The number of hydrogen-bond acceptors (Lipinski definition) is 4. The van der Waals surface area contributed by atoms with E-state index in [-0.39, 0.29) is 5.91 Å². The summed E-state index contributed by atoms with van der Waals surface area (Å²) in [7, 11) is 3.47. The zero-order chi connectivity index (χ0) is 12.9. The summed E-state index contributed by atoms with van der Waals surface area (Å²) in [6, 6.07) is 3.78. The van der Waals surface area contributed by atoms with Crippen LogP contribution in [-0.4, -0.2) is 31.5 Å². The second-order valence-corrected chi connectivity index (χ2v) is 4.50. The molecule has 5 heteroatoms. The van der Waals surface area contributed by atoms with Gasteiger partial charge in [-0.3, -0.25) is 4.79 Å². The van der Waals surface area contributed by atoms with Crippen molar-refractivity contribution < 1.29 is 4.79 Å². The third-order valence-corrected chi connectivity index (χ3v) is 2.59. The monoisotopic (exact) mass is 236 g/mol. The van der Waals surface area contributed by atoms with E-state index in [9.17, 15) is 4.79 Å². The van der Waals surface area contributed by atoms with Crippen molar-refractivity contribution in [1.82, 2.24) is 10.3 Å². The van der Waals surface area contributed by atoms with Crippen LogP contribution >= 0.6 is 0 Å². The molecule has 0 aromatic carbocycles. The summed E-state index contributed by atoms with van der Waals surface area (Å²) in [5, 5.41) is 8.86. The Labute approximate surface area is 102 Å². The Kier molecular flexibility index (Phi) is 4.31. The highest BCUT2D eigenvalue weighted by molar-refractivity contribution is 5.82. The summed E-state index contributed by atoms with van der Waals surface area (Å²) >= 11 is 0. The van der Waals surface area contributed by atoms with Crippen LogP contribution < -0.4 is 16.0 Å². The number of anilines is 2. The maximum absolute atomic E-state index is 11.6. The van der Waals surface area contributed by atoms with Gasteiger partial charge in [0, 0.05) is 38.6 Å². The number of hydrogen-bond donors (Lipinski definition) is 3. The molecule has 1 aromatic rings. The molecular weight excluding hydrogens is 216 g/mol. The molecule has 1 heterocycles. The van der Waals surface area contributed by atoms with Crippen molar-refractivity contribution in [3.05, 3.63) is 18.3 Å². The number of amides is 1. The zero-order valence-electron chi connectivity index (χ0n) is 10.8. The van der Waals surface area contributed by atoms with Crippen LogP contribution in [-0.2, 0) is 4.79 Å². The van der Waals surface area contributed by atoms with Crippen LogP contribution in [0.5, 0.6) is 0 Å². The van der Waals surface area contributed by atoms with Gasteiger partial charge < -0.3 is 16.0 Å². The summed E-state index contributed by atoms with van der Waals surface area (Å²) in [6.07, 6.45) is 1.72. The van der Waals surface area contributed by atoms with Crippen LogP contribution in [0.15, 0.2) is 18.3 Å².